The lowest BCUT2D eigenvalue weighted by atomic mass is 10.1. The van der Waals surface area contributed by atoms with Crippen LogP contribution in [0, 0.1) is 0 Å². The summed E-state index contributed by atoms with van der Waals surface area (Å²) in [5.74, 6) is -0.520. The number of carbonyl (C=O) groups excluding carboxylic acids is 1. The number of methoxy groups -OCH3 is 1. The molecule has 6 nitrogen and oxygen atoms in total. The minimum absolute atomic E-state index is 0.0909. The van der Waals surface area contributed by atoms with Gasteiger partial charge in [-0.15, -0.1) is 0 Å². The number of esters is 1. The molecule has 0 radical (unpaired) electrons. The van der Waals surface area contributed by atoms with E-state index in [2.05, 4.69) is 9.46 Å². The van der Waals surface area contributed by atoms with Gasteiger partial charge in [0.25, 0.3) is 0 Å². The second-order valence-electron chi connectivity index (χ2n) is 4.50. The highest BCUT2D eigenvalue weighted by atomic mass is 32.2. The molecule has 0 aliphatic carbocycles. The monoisotopic (exact) mass is 300 g/mol. The predicted octanol–water partition coefficient (Wildman–Crippen LogP) is 1.20. The summed E-state index contributed by atoms with van der Waals surface area (Å²) >= 11 is 0. The summed E-state index contributed by atoms with van der Waals surface area (Å²) in [7, 11) is -2.16. The van der Waals surface area contributed by atoms with E-state index in [1.165, 1.54) is 7.11 Å². The van der Waals surface area contributed by atoms with Gasteiger partial charge in [0.2, 0.25) is 10.0 Å². The number of benzene rings is 1. The van der Waals surface area contributed by atoms with Gasteiger partial charge in [-0.05, 0) is 31.0 Å². The van der Waals surface area contributed by atoms with Crippen LogP contribution in [0.15, 0.2) is 24.3 Å². The predicted molar refractivity (Wildman–Crippen MR) is 77.4 cm³/mol. The summed E-state index contributed by atoms with van der Waals surface area (Å²) in [5, 5.41) is 0. The van der Waals surface area contributed by atoms with Crippen molar-refractivity contribution in [1.82, 2.24) is 4.72 Å². The second-order valence-corrected chi connectivity index (χ2v) is 6.38. The third-order valence-electron chi connectivity index (χ3n) is 2.81. The Bertz CT molecular complexity index is 540. The molecule has 0 saturated carbocycles. The van der Waals surface area contributed by atoms with Crippen molar-refractivity contribution >= 4 is 21.7 Å². The lowest BCUT2D eigenvalue weighted by molar-refractivity contribution is -0.140. The molecule has 112 valence electrons. The number of sulfonamides is 1. The van der Waals surface area contributed by atoms with E-state index >= 15 is 0 Å². The Labute approximate surface area is 119 Å². The highest BCUT2D eigenvalue weighted by Crippen LogP contribution is 2.15. The minimum atomic E-state index is -3.43. The zero-order valence-electron chi connectivity index (χ0n) is 11.6. The van der Waals surface area contributed by atoms with Gasteiger partial charge in [0.1, 0.15) is 0 Å². The van der Waals surface area contributed by atoms with Crippen molar-refractivity contribution in [2.45, 2.75) is 25.8 Å². The van der Waals surface area contributed by atoms with Gasteiger partial charge in [-0.1, -0.05) is 12.1 Å². The van der Waals surface area contributed by atoms with Gasteiger partial charge in [0, 0.05) is 18.2 Å². The average molecular weight is 300 g/mol. The third kappa shape index (κ3) is 5.58. The Balaban J connectivity index is 2.53. The number of nitrogens with one attached hydrogen (secondary N) is 1. The van der Waals surface area contributed by atoms with Crippen LogP contribution in [0.4, 0.5) is 5.69 Å². The van der Waals surface area contributed by atoms with Crippen LogP contribution < -0.4 is 10.5 Å². The van der Waals surface area contributed by atoms with E-state index in [0.29, 0.717) is 5.69 Å². The Morgan fingerprint density at radius 1 is 1.35 bits per heavy atom. The quantitative estimate of drug-likeness (QED) is 0.582. The third-order valence-corrected chi connectivity index (χ3v) is 4.35. The molecule has 1 unspecified atom stereocenters. The molecule has 20 heavy (non-hydrogen) atoms. The molecule has 0 aliphatic heterocycles. The number of nitrogen functional groups attached to an aromatic ring is 1. The molecule has 1 aromatic rings. The van der Waals surface area contributed by atoms with E-state index in [9.17, 15) is 13.2 Å². The van der Waals surface area contributed by atoms with Crippen LogP contribution in [0.2, 0.25) is 0 Å². The van der Waals surface area contributed by atoms with Crippen molar-refractivity contribution in [3.8, 4) is 0 Å². The molecule has 0 amide bonds. The van der Waals surface area contributed by atoms with Crippen molar-refractivity contribution in [2.75, 3.05) is 18.6 Å². The Hall–Kier alpha value is -1.60. The van der Waals surface area contributed by atoms with E-state index in [-0.39, 0.29) is 24.6 Å². The zero-order valence-corrected chi connectivity index (χ0v) is 12.4. The summed E-state index contributed by atoms with van der Waals surface area (Å²) in [6, 6.07) is 6.64. The number of nitrogens with two attached hydrogens (primary N) is 1. The van der Waals surface area contributed by atoms with Crippen molar-refractivity contribution in [1.29, 1.82) is 0 Å². The molecule has 0 saturated heterocycles. The molecule has 1 aromatic carbocycles. The Morgan fingerprint density at radius 2 is 1.95 bits per heavy atom. The second kappa shape index (κ2) is 7.25. The number of carbonyl (C=O) groups is 1. The maximum atomic E-state index is 11.9. The van der Waals surface area contributed by atoms with Crippen molar-refractivity contribution in [3.63, 3.8) is 0 Å². The van der Waals surface area contributed by atoms with Crippen molar-refractivity contribution in [3.05, 3.63) is 29.8 Å². The molecule has 0 heterocycles. The number of hydrogen-bond donors (Lipinski definition) is 2. The van der Waals surface area contributed by atoms with Crippen molar-refractivity contribution < 1.29 is 17.9 Å². The zero-order chi connectivity index (χ0) is 15.2. The van der Waals surface area contributed by atoms with Gasteiger partial charge < -0.3 is 10.5 Å². The van der Waals surface area contributed by atoms with Crippen LogP contribution in [0.1, 0.15) is 31.4 Å². The van der Waals surface area contributed by atoms with E-state index < -0.39 is 16.0 Å². The van der Waals surface area contributed by atoms with Crippen LogP contribution in [-0.2, 0) is 19.6 Å². The molecule has 0 aliphatic rings. The summed E-state index contributed by atoms with van der Waals surface area (Å²) in [6.07, 6.45) is 0.324. The number of anilines is 1. The van der Waals surface area contributed by atoms with Gasteiger partial charge >= 0.3 is 5.97 Å². The van der Waals surface area contributed by atoms with Gasteiger partial charge in [0.05, 0.1) is 12.9 Å². The maximum Gasteiger partial charge on any atom is 0.305 e. The molecule has 1 atom stereocenters. The fraction of sp³-hybridized carbons (Fsp3) is 0.462. The minimum Gasteiger partial charge on any atom is -0.469 e. The van der Waals surface area contributed by atoms with E-state index in [1.807, 2.05) is 0 Å². The average Bonchev–Trinajstić information content (AvgIpc) is 2.38. The first-order valence-corrected chi connectivity index (χ1v) is 7.91. The summed E-state index contributed by atoms with van der Waals surface area (Å²) in [6.45, 7) is 1.75. The van der Waals surface area contributed by atoms with Gasteiger partial charge in [-0.25, -0.2) is 13.1 Å². The molecule has 0 bridgehead atoms. The number of rotatable bonds is 7. The molecule has 1 rings (SSSR count). The van der Waals surface area contributed by atoms with Crippen LogP contribution in [-0.4, -0.2) is 27.2 Å². The summed E-state index contributed by atoms with van der Waals surface area (Å²) in [5.41, 5.74) is 7.03. The summed E-state index contributed by atoms with van der Waals surface area (Å²) < 4.78 is 30.7. The highest BCUT2D eigenvalue weighted by molar-refractivity contribution is 7.89. The number of ether oxygens (including phenoxy) is 1. The first-order chi connectivity index (χ1) is 9.34. The first-order valence-electron chi connectivity index (χ1n) is 6.26. The standard InChI is InChI=1S/C13H20N2O4S/c1-10(11-5-7-12(14)8-6-11)15-20(17,18)9-3-4-13(16)19-2/h5-8,10,15H,3-4,9,14H2,1-2H3. The van der Waals surface area contributed by atoms with Crippen LogP contribution in [0.5, 0.6) is 0 Å². The fourth-order valence-corrected chi connectivity index (χ4v) is 3.01. The fourth-order valence-electron chi connectivity index (χ4n) is 1.69. The lowest BCUT2D eigenvalue weighted by Gasteiger charge is -2.14. The molecular formula is C13H20N2O4S. The molecule has 3 N–H and O–H groups in total. The van der Waals surface area contributed by atoms with Crippen molar-refractivity contribution in [2.24, 2.45) is 0 Å². The molecular weight excluding hydrogens is 280 g/mol. The van der Waals surface area contributed by atoms with Gasteiger partial charge in [-0.3, -0.25) is 4.79 Å². The topological polar surface area (TPSA) is 98.5 Å². The smallest absolute Gasteiger partial charge is 0.305 e. The van der Waals surface area contributed by atoms with Crippen LogP contribution in [0.25, 0.3) is 0 Å². The molecule has 7 heteroatoms. The molecule has 0 fully saturated rings. The highest BCUT2D eigenvalue weighted by Gasteiger charge is 2.16. The lowest BCUT2D eigenvalue weighted by Crippen LogP contribution is -2.29. The maximum absolute atomic E-state index is 11.9. The van der Waals surface area contributed by atoms with Gasteiger partial charge in [-0.2, -0.15) is 0 Å². The van der Waals surface area contributed by atoms with E-state index in [0.717, 1.165) is 5.56 Å². The molecule has 0 spiro atoms. The Kier molecular flexibility index (Phi) is 5.97. The first kappa shape index (κ1) is 16.5. The van der Waals surface area contributed by atoms with Gasteiger partial charge in [0.15, 0.2) is 0 Å². The largest absolute Gasteiger partial charge is 0.469 e. The van der Waals surface area contributed by atoms with Crippen LogP contribution in [0.3, 0.4) is 0 Å². The van der Waals surface area contributed by atoms with E-state index in [4.69, 9.17) is 5.73 Å². The number of hydrogen-bond acceptors (Lipinski definition) is 5. The molecule has 0 aromatic heterocycles. The van der Waals surface area contributed by atoms with Crippen LogP contribution >= 0.6 is 0 Å². The normalized spacial score (nSPS) is 12.9. The van der Waals surface area contributed by atoms with E-state index in [1.54, 1.807) is 31.2 Å². The SMILES string of the molecule is COC(=O)CCCS(=O)(=O)NC(C)c1ccc(N)cc1. The summed E-state index contributed by atoms with van der Waals surface area (Å²) in [4.78, 5) is 10.9. The Morgan fingerprint density at radius 3 is 2.50 bits per heavy atom.